The molecule has 1 saturated heterocycles. The Morgan fingerprint density at radius 1 is 1.60 bits per heavy atom. The number of fused-ring (bicyclic) bond motifs is 2. The summed E-state index contributed by atoms with van der Waals surface area (Å²) in [5, 5.41) is 0. The van der Waals surface area contributed by atoms with Crippen LogP contribution < -0.4 is 0 Å². The van der Waals surface area contributed by atoms with Gasteiger partial charge in [-0.1, -0.05) is 26.0 Å². The van der Waals surface area contributed by atoms with Gasteiger partial charge in [-0.2, -0.15) is 0 Å². The van der Waals surface area contributed by atoms with Crippen molar-refractivity contribution < 1.29 is 9.53 Å². The van der Waals surface area contributed by atoms with Crippen molar-refractivity contribution in [2.45, 2.75) is 52.2 Å². The number of ketones is 1. The zero-order valence-corrected chi connectivity index (χ0v) is 9.88. The number of hydrogen-bond donors (Lipinski definition) is 0. The van der Waals surface area contributed by atoms with Crippen molar-refractivity contribution in [3.05, 3.63) is 12.2 Å². The lowest BCUT2D eigenvalue weighted by atomic mass is 9.65. The summed E-state index contributed by atoms with van der Waals surface area (Å²) in [6, 6.07) is 0. The molecule has 2 rings (SSSR count). The van der Waals surface area contributed by atoms with Crippen LogP contribution in [0, 0.1) is 11.3 Å². The minimum Gasteiger partial charge on any atom is -0.373 e. The first-order valence-electron chi connectivity index (χ1n) is 5.75. The van der Waals surface area contributed by atoms with Gasteiger partial charge in [-0.15, -0.1) is 0 Å². The van der Waals surface area contributed by atoms with Crippen LogP contribution in [-0.4, -0.2) is 18.0 Å². The minimum atomic E-state index is 0.0810. The maximum Gasteiger partial charge on any atom is 0.132 e. The maximum absolute atomic E-state index is 11.2. The average molecular weight is 208 g/mol. The Morgan fingerprint density at radius 3 is 2.87 bits per heavy atom. The molecule has 2 heteroatoms. The topological polar surface area (TPSA) is 26.3 Å². The highest BCUT2D eigenvalue weighted by molar-refractivity contribution is 5.76. The van der Waals surface area contributed by atoms with Crippen molar-refractivity contribution in [1.29, 1.82) is 0 Å². The second-order valence-electron chi connectivity index (χ2n) is 5.57. The first-order valence-corrected chi connectivity index (χ1v) is 5.75. The fourth-order valence-corrected chi connectivity index (χ4v) is 3.29. The highest BCUT2D eigenvalue weighted by atomic mass is 16.5. The van der Waals surface area contributed by atoms with Crippen LogP contribution in [0.4, 0.5) is 0 Å². The Balaban J connectivity index is 2.24. The number of Topliss-reactive ketones (excluding diaryl/α,β-unsaturated/α-hetero) is 1. The van der Waals surface area contributed by atoms with E-state index in [0.29, 0.717) is 18.4 Å². The molecule has 0 aromatic rings. The fourth-order valence-electron chi connectivity index (χ4n) is 3.29. The van der Waals surface area contributed by atoms with Crippen LogP contribution in [0.25, 0.3) is 0 Å². The first kappa shape index (κ1) is 10.9. The summed E-state index contributed by atoms with van der Waals surface area (Å²) in [5.41, 5.74) is 1.44. The van der Waals surface area contributed by atoms with Gasteiger partial charge in [0.05, 0.1) is 12.2 Å². The molecule has 2 aliphatic rings. The molecule has 0 N–H and O–H groups in total. The molecule has 1 unspecified atom stereocenters. The van der Waals surface area contributed by atoms with Crippen molar-refractivity contribution in [2.75, 3.05) is 0 Å². The molecule has 0 radical (unpaired) electrons. The van der Waals surface area contributed by atoms with Gasteiger partial charge in [0.25, 0.3) is 0 Å². The van der Waals surface area contributed by atoms with Gasteiger partial charge in [0.1, 0.15) is 5.78 Å². The lowest BCUT2D eigenvalue weighted by Crippen LogP contribution is -2.36. The van der Waals surface area contributed by atoms with E-state index in [0.717, 1.165) is 12.8 Å². The summed E-state index contributed by atoms with van der Waals surface area (Å²) >= 11 is 0. The number of carbonyl (C=O) groups is 1. The van der Waals surface area contributed by atoms with Crippen LogP contribution in [0.15, 0.2) is 12.2 Å². The van der Waals surface area contributed by atoms with Crippen LogP contribution in [-0.2, 0) is 9.53 Å². The quantitative estimate of drug-likeness (QED) is 0.652. The molecule has 0 aromatic heterocycles. The molecule has 2 nitrogen and oxygen atoms in total. The van der Waals surface area contributed by atoms with E-state index in [1.807, 2.05) is 0 Å². The van der Waals surface area contributed by atoms with Crippen molar-refractivity contribution in [1.82, 2.24) is 0 Å². The summed E-state index contributed by atoms with van der Waals surface area (Å²) in [7, 11) is 0. The van der Waals surface area contributed by atoms with E-state index in [-0.39, 0.29) is 17.3 Å². The van der Waals surface area contributed by atoms with Crippen molar-refractivity contribution >= 4 is 5.78 Å². The molecule has 15 heavy (non-hydrogen) atoms. The number of hydrogen-bond acceptors (Lipinski definition) is 2. The lowest BCUT2D eigenvalue weighted by molar-refractivity contribution is -0.119. The third-order valence-electron chi connectivity index (χ3n) is 4.00. The Kier molecular flexibility index (Phi) is 2.50. The largest absolute Gasteiger partial charge is 0.373 e. The molecule has 1 aliphatic heterocycles. The SMILES string of the molecule is C=C1CC[C@@H]2OC(CC(C)=O)[C@H]1C2(C)C. The Bertz CT molecular complexity index is 304. The van der Waals surface area contributed by atoms with Crippen molar-refractivity contribution in [3.8, 4) is 0 Å². The molecule has 84 valence electrons. The second-order valence-corrected chi connectivity index (χ2v) is 5.57. The first-order chi connectivity index (χ1) is 6.93. The number of carbonyl (C=O) groups excluding carboxylic acids is 1. The summed E-state index contributed by atoms with van der Waals surface area (Å²) in [5.74, 6) is 0.594. The van der Waals surface area contributed by atoms with E-state index in [1.165, 1.54) is 5.57 Å². The van der Waals surface area contributed by atoms with Gasteiger partial charge in [-0.05, 0) is 25.2 Å². The zero-order valence-electron chi connectivity index (χ0n) is 9.88. The van der Waals surface area contributed by atoms with Crippen molar-refractivity contribution in [2.24, 2.45) is 11.3 Å². The molecule has 2 fully saturated rings. The molecule has 0 aromatic carbocycles. The van der Waals surface area contributed by atoms with Gasteiger partial charge < -0.3 is 4.74 Å². The minimum absolute atomic E-state index is 0.0810. The van der Waals surface area contributed by atoms with Crippen LogP contribution in [0.2, 0.25) is 0 Å². The van der Waals surface area contributed by atoms with Crippen LogP contribution >= 0.6 is 0 Å². The molecular formula is C13H20O2. The van der Waals surface area contributed by atoms with E-state index in [4.69, 9.17) is 4.74 Å². The van der Waals surface area contributed by atoms with Gasteiger partial charge in [0.15, 0.2) is 0 Å². The average Bonchev–Trinajstić information content (AvgIpc) is 2.25. The predicted octanol–water partition coefficient (Wildman–Crippen LogP) is 2.73. The Hall–Kier alpha value is -0.630. The number of ether oxygens (including phenoxy) is 1. The fraction of sp³-hybridized carbons (Fsp3) is 0.769. The van der Waals surface area contributed by atoms with Crippen LogP contribution in [0.5, 0.6) is 0 Å². The molecule has 3 atom stereocenters. The maximum atomic E-state index is 11.2. The molecular weight excluding hydrogens is 188 g/mol. The van der Waals surface area contributed by atoms with Crippen LogP contribution in [0.3, 0.4) is 0 Å². The van der Waals surface area contributed by atoms with Gasteiger partial charge in [-0.25, -0.2) is 0 Å². The standard InChI is InChI=1S/C13H20O2/c1-8-5-6-11-13(3,4)12(8)10(15-11)7-9(2)14/h10-12H,1,5-7H2,2-4H3/t10?,11-,12-/m0/s1. The molecule has 2 bridgehead atoms. The summed E-state index contributed by atoms with van der Waals surface area (Å²) in [6.07, 6.45) is 3.07. The van der Waals surface area contributed by atoms with E-state index in [9.17, 15) is 4.79 Å². The third kappa shape index (κ3) is 1.65. The van der Waals surface area contributed by atoms with Gasteiger partial charge in [0.2, 0.25) is 0 Å². The molecule has 0 spiro atoms. The zero-order chi connectivity index (χ0) is 11.2. The number of rotatable bonds is 2. The summed E-state index contributed by atoms with van der Waals surface area (Å²) in [4.78, 5) is 11.2. The monoisotopic (exact) mass is 208 g/mol. The summed E-state index contributed by atoms with van der Waals surface area (Å²) in [6.45, 7) is 10.3. The highest BCUT2D eigenvalue weighted by Gasteiger charge is 2.53. The van der Waals surface area contributed by atoms with Crippen LogP contribution in [0.1, 0.15) is 40.0 Å². The lowest BCUT2D eigenvalue weighted by Gasteiger charge is -2.37. The van der Waals surface area contributed by atoms with Crippen molar-refractivity contribution in [3.63, 3.8) is 0 Å². The van der Waals surface area contributed by atoms with E-state index < -0.39 is 0 Å². The summed E-state index contributed by atoms with van der Waals surface area (Å²) < 4.78 is 6.00. The predicted molar refractivity (Wildman–Crippen MR) is 59.6 cm³/mol. The Morgan fingerprint density at radius 2 is 2.27 bits per heavy atom. The molecule has 1 saturated carbocycles. The second kappa shape index (κ2) is 3.44. The van der Waals surface area contributed by atoms with E-state index in [2.05, 4.69) is 20.4 Å². The van der Waals surface area contributed by atoms with Gasteiger partial charge >= 0.3 is 0 Å². The van der Waals surface area contributed by atoms with Gasteiger partial charge in [0, 0.05) is 12.3 Å². The normalized spacial score (nSPS) is 38.1. The smallest absolute Gasteiger partial charge is 0.132 e. The van der Waals surface area contributed by atoms with Gasteiger partial charge in [-0.3, -0.25) is 4.79 Å². The Labute approximate surface area is 91.7 Å². The molecule has 1 heterocycles. The third-order valence-corrected chi connectivity index (χ3v) is 4.00. The highest BCUT2D eigenvalue weighted by Crippen LogP contribution is 2.53. The van der Waals surface area contributed by atoms with E-state index in [1.54, 1.807) is 6.92 Å². The molecule has 0 amide bonds. The molecule has 1 aliphatic carbocycles. The van der Waals surface area contributed by atoms with E-state index >= 15 is 0 Å².